The molecule has 0 saturated heterocycles. The Morgan fingerprint density at radius 2 is 2.12 bits per heavy atom. The third kappa shape index (κ3) is 3.48. The lowest BCUT2D eigenvalue weighted by Crippen LogP contribution is -2.23. The zero-order chi connectivity index (χ0) is 17.9. The number of carbonyl (C=O) groups is 1. The van der Waals surface area contributed by atoms with Crippen LogP contribution in [0.1, 0.15) is 35.7 Å². The molecule has 1 aromatic carbocycles. The van der Waals surface area contributed by atoms with Crippen molar-refractivity contribution in [3.63, 3.8) is 0 Å². The molecular formula is C20H19ClN4O. The predicted molar refractivity (Wildman–Crippen MR) is 101 cm³/mol. The molecule has 0 unspecified atom stereocenters. The van der Waals surface area contributed by atoms with Crippen LogP contribution in [0.2, 0.25) is 5.02 Å². The standard InChI is InChI=1S/C20H19ClN4O/c21-15-8-9-16(22-13-15)12-20(26)24-19-10-11-23-25(19)18-7-3-5-14-4-1-2-6-17(14)18/h1-2,4,6,8-11,13,18H,3,5,7,12H2,(H,24,26)/t18-/m0/s1. The highest BCUT2D eigenvalue weighted by Gasteiger charge is 2.24. The summed E-state index contributed by atoms with van der Waals surface area (Å²) in [4.78, 5) is 16.6. The van der Waals surface area contributed by atoms with Crippen LogP contribution in [0.3, 0.4) is 0 Å². The number of benzene rings is 1. The van der Waals surface area contributed by atoms with Gasteiger partial charge in [0.25, 0.3) is 0 Å². The van der Waals surface area contributed by atoms with Gasteiger partial charge in [-0.25, -0.2) is 4.68 Å². The normalized spacial score (nSPS) is 16.1. The summed E-state index contributed by atoms with van der Waals surface area (Å²) in [5.74, 6) is 0.594. The van der Waals surface area contributed by atoms with Gasteiger partial charge in [-0.05, 0) is 42.5 Å². The molecule has 26 heavy (non-hydrogen) atoms. The second kappa shape index (κ2) is 7.30. The molecule has 0 spiro atoms. The second-order valence-corrected chi connectivity index (χ2v) is 6.90. The maximum Gasteiger partial charge on any atom is 0.231 e. The van der Waals surface area contributed by atoms with Crippen LogP contribution in [-0.4, -0.2) is 20.7 Å². The molecule has 0 radical (unpaired) electrons. The first-order valence-electron chi connectivity index (χ1n) is 8.72. The first-order chi connectivity index (χ1) is 12.7. The van der Waals surface area contributed by atoms with E-state index in [1.165, 1.54) is 11.1 Å². The van der Waals surface area contributed by atoms with Crippen LogP contribution in [0, 0.1) is 0 Å². The summed E-state index contributed by atoms with van der Waals surface area (Å²) in [6.45, 7) is 0. The molecule has 0 fully saturated rings. The number of pyridine rings is 1. The minimum absolute atomic E-state index is 0.120. The Morgan fingerprint density at radius 1 is 1.23 bits per heavy atom. The van der Waals surface area contributed by atoms with Gasteiger partial charge >= 0.3 is 0 Å². The number of fused-ring (bicyclic) bond motifs is 1. The van der Waals surface area contributed by atoms with Crippen LogP contribution in [-0.2, 0) is 17.6 Å². The van der Waals surface area contributed by atoms with E-state index in [1.807, 2.05) is 10.7 Å². The topological polar surface area (TPSA) is 59.8 Å². The number of hydrogen-bond acceptors (Lipinski definition) is 3. The Bertz CT molecular complexity index is 920. The van der Waals surface area contributed by atoms with Crippen molar-refractivity contribution in [3.05, 3.63) is 76.7 Å². The molecule has 0 bridgehead atoms. The summed E-state index contributed by atoms with van der Waals surface area (Å²) >= 11 is 5.84. The third-order valence-electron chi connectivity index (χ3n) is 4.70. The molecule has 3 aromatic rings. The van der Waals surface area contributed by atoms with Crippen LogP contribution < -0.4 is 5.32 Å². The summed E-state index contributed by atoms with van der Waals surface area (Å²) in [6, 6.07) is 14.0. The van der Waals surface area contributed by atoms with E-state index in [-0.39, 0.29) is 18.4 Å². The van der Waals surface area contributed by atoms with E-state index in [0.29, 0.717) is 16.5 Å². The number of halogens is 1. The van der Waals surface area contributed by atoms with E-state index in [2.05, 4.69) is 39.7 Å². The number of nitrogens with one attached hydrogen (secondary N) is 1. The number of amides is 1. The van der Waals surface area contributed by atoms with Crippen molar-refractivity contribution in [3.8, 4) is 0 Å². The minimum Gasteiger partial charge on any atom is -0.311 e. The smallest absolute Gasteiger partial charge is 0.231 e. The van der Waals surface area contributed by atoms with Gasteiger partial charge in [0.15, 0.2) is 0 Å². The molecule has 0 saturated carbocycles. The Hall–Kier alpha value is -2.66. The summed E-state index contributed by atoms with van der Waals surface area (Å²) in [5, 5.41) is 8.01. The van der Waals surface area contributed by atoms with E-state index < -0.39 is 0 Å². The molecule has 2 aromatic heterocycles. The molecule has 1 amide bonds. The monoisotopic (exact) mass is 366 g/mol. The number of aryl methyl sites for hydroxylation is 1. The van der Waals surface area contributed by atoms with Gasteiger partial charge in [-0.1, -0.05) is 35.9 Å². The van der Waals surface area contributed by atoms with Crippen molar-refractivity contribution >= 4 is 23.3 Å². The predicted octanol–water partition coefficient (Wildman–Crippen LogP) is 4.04. The second-order valence-electron chi connectivity index (χ2n) is 6.46. The zero-order valence-electron chi connectivity index (χ0n) is 14.2. The molecule has 1 N–H and O–H groups in total. The average Bonchev–Trinajstić information content (AvgIpc) is 3.11. The van der Waals surface area contributed by atoms with E-state index in [0.717, 1.165) is 19.3 Å². The number of anilines is 1. The highest BCUT2D eigenvalue weighted by atomic mass is 35.5. The Morgan fingerprint density at radius 3 is 2.96 bits per heavy atom. The highest BCUT2D eigenvalue weighted by molar-refractivity contribution is 6.30. The van der Waals surface area contributed by atoms with Crippen molar-refractivity contribution in [2.45, 2.75) is 31.7 Å². The summed E-state index contributed by atoms with van der Waals surface area (Å²) in [7, 11) is 0. The van der Waals surface area contributed by atoms with Crippen molar-refractivity contribution in [1.82, 2.24) is 14.8 Å². The fourth-order valence-electron chi connectivity index (χ4n) is 3.51. The first-order valence-corrected chi connectivity index (χ1v) is 9.10. The van der Waals surface area contributed by atoms with E-state index in [9.17, 15) is 4.79 Å². The summed E-state index contributed by atoms with van der Waals surface area (Å²) in [5.41, 5.74) is 3.33. The van der Waals surface area contributed by atoms with Gasteiger partial charge in [-0.3, -0.25) is 9.78 Å². The van der Waals surface area contributed by atoms with E-state index in [4.69, 9.17) is 11.6 Å². The average molecular weight is 367 g/mol. The van der Waals surface area contributed by atoms with Gasteiger partial charge in [0, 0.05) is 18.0 Å². The Balaban J connectivity index is 1.53. The first kappa shape index (κ1) is 16.8. The van der Waals surface area contributed by atoms with Crippen LogP contribution in [0.25, 0.3) is 0 Å². The fraction of sp³-hybridized carbons (Fsp3) is 0.250. The summed E-state index contributed by atoms with van der Waals surface area (Å²) < 4.78 is 1.92. The van der Waals surface area contributed by atoms with Crippen molar-refractivity contribution in [2.75, 3.05) is 5.32 Å². The molecule has 1 aliphatic rings. The van der Waals surface area contributed by atoms with Crippen LogP contribution >= 0.6 is 11.6 Å². The molecule has 4 rings (SSSR count). The van der Waals surface area contributed by atoms with Crippen LogP contribution in [0.5, 0.6) is 0 Å². The third-order valence-corrected chi connectivity index (χ3v) is 4.92. The molecule has 0 aliphatic heterocycles. The summed E-state index contributed by atoms with van der Waals surface area (Å²) in [6.07, 6.45) is 6.70. The van der Waals surface area contributed by atoms with Gasteiger partial charge in [-0.15, -0.1) is 0 Å². The van der Waals surface area contributed by atoms with Crippen LogP contribution in [0.15, 0.2) is 54.9 Å². The molecule has 2 heterocycles. The minimum atomic E-state index is -0.120. The van der Waals surface area contributed by atoms with Crippen molar-refractivity contribution in [1.29, 1.82) is 0 Å². The number of carbonyl (C=O) groups excluding carboxylic acids is 1. The van der Waals surface area contributed by atoms with Crippen molar-refractivity contribution < 1.29 is 4.79 Å². The van der Waals surface area contributed by atoms with Gasteiger partial charge in [0.1, 0.15) is 5.82 Å². The molecule has 5 nitrogen and oxygen atoms in total. The highest BCUT2D eigenvalue weighted by Crippen LogP contribution is 2.34. The van der Waals surface area contributed by atoms with Gasteiger partial charge in [-0.2, -0.15) is 5.10 Å². The molecule has 1 aliphatic carbocycles. The van der Waals surface area contributed by atoms with Crippen LogP contribution in [0.4, 0.5) is 5.82 Å². The number of hydrogen-bond donors (Lipinski definition) is 1. The largest absolute Gasteiger partial charge is 0.311 e. The number of aromatic nitrogens is 3. The van der Waals surface area contributed by atoms with Crippen molar-refractivity contribution in [2.24, 2.45) is 0 Å². The lowest BCUT2D eigenvalue weighted by Gasteiger charge is -2.27. The quantitative estimate of drug-likeness (QED) is 0.758. The lowest BCUT2D eigenvalue weighted by molar-refractivity contribution is -0.115. The number of rotatable bonds is 4. The van der Waals surface area contributed by atoms with Gasteiger partial charge in [0.05, 0.1) is 23.7 Å². The molecule has 6 heteroatoms. The Labute approximate surface area is 157 Å². The maximum absolute atomic E-state index is 12.4. The molecule has 132 valence electrons. The van der Waals surface area contributed by atoms with E-state index >= 15 is 0 Å². The molecular weight excluding hydrogens is 348 g/mol. The van der Waals surface area contributed by atoms with Gasteiger partial charge < -0.3 is 5.32 Å². The Kier molecular flexibility index (Phi) is 4.71. The van der Waals surface area contributed by atoms with E-state index in [1.54, 1.807) is 24.5 Å². The van der Waals surface area contributed by atoms with Gasteiger partial charge in [0.2, 0.25) is 5.91 Å². The maximum atomic E-state index is 12.4. The SMILES string of the molecule is O=C(Cc1ccc(Cl)cn1)Nc1ccnn1[C@H]1CCCc2ccccc21. The number of nitrogens with zero attached hydrogens (tertiary/aromatic N) is 3. The zero-order valence-corrected chi connectivity index (χ0v) is 15.0. The lowest BCUT2D eigenvalue weighted by atomic mass is 9.88. The fourth-order valence-corrected chi connectivity index (χ4v) is 3.62. The molecule has 1 atom stereocenters.